The second-order valence-electron chi connectivity index (χ2n) is 8.08. The van der Waals surface area contributed by atoms with E-state index in [0.717, 1.165) is 12.6 Å². The fourth-order valence-electron chi connectivity index (χ4n) is 3.53. The smallest absolute Gasteiger partial charge is 0.322 e. The SMILES string of the molecule is C[C@@H]1[C@@H](C)C(C)(C)[C@@H](C)C[C@H]1N/C(C=N)=C(\Br)C(=O)NCC(=O)NCC(=O)O. The highest BCUT2D eigenvalue weighted by Gasteiger charge is 2.43. The number of hydrogen-bond acceptors (Lipinski definition) is 5. The zero-order chi connectivity index (χ0) is 21.6. The lowest BCUT2D eigenvalue weighted by Crippen LogP contribution is -2.50. The largest absolute Gasteiger partial charge is 0.480 e. The van der Waals surface area contributed by atoms with Gasteiger partial charge in [0.15, 0.2) is 0 Å². The fourth-order valence-corrected chi connectivity index (χ4v) is 3.90. The van der Waals surface area contributed by atoms with Crippen LogP contribution in [0, 0.1) is 28.6 Å². The fraction of sp³-hybridized carbons (Fsp3) is 0.684. The Morgan fingerprint density at radius 2 is 1.79 bits per heavy atom. The molecule has 0 aromatic heterocycles. The molecule has 0 saturated heterocycles. The summed E-state index contributed by atoms with van der Waals surface area (Å²) in [6.07, 6.45) is 2.01. The van der Waals surface area contributed by atoms with Crippen molar-refractivity contribution in [2.24, 2.45) is 23.2 Å². The van der Waals surface area contributed by atoms with Crippen LogP contribution in [-0.4, -0.2) is 48.2 Å². The molecule has 1 saturated carbocycles. The van der Waals surface area contributed by atoms with Gasteiger partial charge in [0.05, 0.1) is 12.2 Å². The lowest BCUT2D eigenvalue weighted by molar-refractivity contribution is -0.137. The van der Waals surface area contributed by atoms with Crippen molar-refractivity contribution in [3.63, 3.8) is 0 Å². The molecule has 0 heterocycles. The molecule has 1 aliphatic carbocycles. The maximum absolute atomic E-state index is 12.3. The van der Waals surface area contributed by atoms with Crippen LogP contribution in [0.4, 0.5) is 0 Å². The molecule has 0 radical (unpaired) electrons. The van der Waals surface area contributed by atoms with Gasteiger partial charge in [-0.3, -0.25) is 14.4 Å². The van der Waals surface area contributed by atoms with E-state index in [0.29, 0.717) is 23.5 Å². The van der Waals surface area contributed by atoms with Gasteiger partial charge in [-0.15, -0.1) is 0 Å². The highest BCUT2D eigenvalue weighted by molar-refractivity contribution is 9.12. The molecule has 0 spiro atoms. The third-order valence-corrected chi connectivity index (χ3v) is 7.03. The average molecular weight is 459 g/mol. The van der Waals surface area contributed by atoms with Gasteiger partial charge in [-0.05, 0) is 45.5 Å². The van der Waals surface area contributed by atoms with Crippen molar-refractivity contribution in [1.29, 1.82) is 5.41 Å². The van der Waals surface area contributed by atoms with Gasteiger partial charge >= 0.3 is 5.97 Å². The van der Waals surface area contributed by atoms with E-state index in [1.165, 1.54) is 0 Å². The Kier molecular flexibility index (Phi) is 8.66. The second kappa shape index (κ2) is 10.0. The minimum atomic E-state index is -1.16. The number of rotatable bonds is 8. The zero-order valence-electron chi connectivity index (χ0n) is 17.1. The first-order valence-electron chi connectivity index (χ1n) is 9.35. The van der Waals surface area contributed by atoms with Crippen LogP contribution in [-0.2, 0) is 14.4 Å². The summed E-state index contributed by atoms with van der Waals surface area (Å²) in [4.78, 5) is 34.2. The van der Waals surface area contributed by atoms with E-state index >= 15 is 0 Å². The molecule has 5 N–H and O–H groups in total. The second-order valence-corrected chi connectivity index (χ2v) is 8.87. The number of aliphatic carboxylic acids is 1. The molecule has 1 aliphatic rings. The molecule has 158 valence electrons. The maximum Gasteiger partial charge on any atom is 0.322 e. The summed E-state index contributed by atoms with van der Waals surface area (Å²) in [6.45, 7) is 10.3. The Morgan fingerprint density at radius 1 is 1.18 bits per heavy atom. The molecule has 0 aromatic rings. The normalized spacial score (nSPS) is 27.2. The van der Waals surface area contributed by atoms with Crippen LogP contribution in [0.25, 0.3) is 0 Å². The van der Waals surface area contributed by atoms with E-state index in [2.05, 4.69) is 66.5 Å². The summed E-state index contributed by atoms with van der Waals surface area (Å²) < 4.78 is 0.130. The van der Waals surface area contributed by atoms with E-state index in [9.17, 15) is 14.4 Å². The Balaban J connectivity index is 2.77. The minimum absolute atomic E-state index is 0.119. The Bertz CT molecular complexity index is 662. The maximum atomic E-state index is 12.3. The predicted octanol–water partition coefficient (Wildman–Crippen LogP) is 1.86. The molecule has 0 aromatic carbocycles. The van der Waals surface area contributed by atoms with Crippen LogP contribution < -0.4 is 16.0 Å². The predicted molar refractivity (Wildman–Crippen MR) is 111 cm³/mol. The van der Waals surface area contributed by atoms with Crippen LogP contribution >= 0.6 is 15.9 Å². The molecule has 1 rings (SSSR count). The number of hydrogen-bond donors (Lipinski definition) is 5. The van der Waals surface area contributed by atoms with Crippen molar-refractivity contribution in [2.45, 2.75) is 47.1 Å². The van der Waals surface area contributed by atoms with Gasteiger partial charge in [0, 0.05) is 12.3 Å². The van der Waals surface area contributed by atoms with Crippen LogP contribution in [0.5, 0.6) is 0 Å². The van der Waals surface area contributed by atoms with Gasteiger partial charge in [0.2, 0.25) is 5.91 Å². The quantitative estimate of drug-likeness (QED) is 0.279. The van der Waals surface area contributed by atoms with Crippen LogP contribution in [0.1, 0.15) is 41.0 Å². The molecule has 0 aliphatic heterocycles. The molecule has 1 fully saturated rings. The number of carboxylic acids is 1. The van der Waals surface area contributed by atoms with Crippen molar-refractivity contribution in [3.05, 3.63) is 10.2 Å². The van der Waals surface area contributed by atoms with Crippen molar-refractivity contribution in [3.8, 4) is 0 Å². The molecule has 9 heteroatoms. The number of nitrogens with one attached hydrogen (secondary N) is 4. The number of carboxylic acid groups (broad SMARTS) is 1. The van der Waals surface area contributed by atoms with Crippen molar-refractivity contribution in [2.75, 3.05) is 13.1 Å². The number of allylic oxidation sites excluding steroid dienone is 1. The van der Waals surface area contributed by atoms with E-state index in [1.807, 2.05) is 0 Å². The van der Waals surface area contributed by atoms with Crippen LogP contribution in [0.3, 0.4) is 0 Å². The van der Waals surface area contributed by atoms with Crippen LogP contribution in [0.15, 0.2) is 10.2 Å². The van der Waals surface area contributed by atoms with Gasteiger partial charge in [-0.2, -0.15) is 0 Å². The molecule has 0 bridgehead atoms. The first kappa shape index (κ1) is 24.1. The number of halogens is 1. The van der Waals surface area contributed by atoms with Gasteiger partial charge in [-0.1, -0.05) is 34.6 Å². The highest BCUT2D eigenvalue weighted by atomic mass is 79.9. The van der Waals surface area contributed by atoms with Crippen molar-refractivity contribution < 1.29 is 19.5 Å². The molecule has 4 atom stereocenters. The summed E-state index contributed by atoms with van der Waals surface area (Å²) in [6, 6.07) is 0.119. The Morgan fingerprint density at radius 3 is 2.32 bits per heavy atom. The average Bonchev–Trinajstić information content (AvgIpc) is 2.64. The molecule has 0 unspecified atom stereocenters. The Hall–Kier alpha value is -1.90. The van der Waals surface area contributed by atoms with E-state index in [1.54, 1.807) is 0 Å². The summed E-state index contributed by atoms with van der Waals surface area (Å²) in [7, 11) is 0. The molecular formula is C19H31BrN4O4. The molecular weight excluding hydrogens is 428 g/mol. The molecule has 2 amide bonds. The standard InChI is InChI=1S/C19H31BrN4O4/c1-10-6-13(11(2)12(3)19(10,4)5)24-14(7-21)17(20)18(28)23-8-15(25)22-9-16(26)27/h7,10-13,21,24H,6,8-9H2,1-5H3,(H,22,25)(H,23,28)(H,26,27)/b17-14-,21-7?/t10-,11+,12+,13+/m0/s1. The topological polar surface area (TPSA) is 131 Å². The minimum Gasteiger partial charge on any atom is -0.480 e. The number of carbonyl (C=O) groups is 3. The summed E-state index contributed by atoms with van der Waals surface area (Å²) in [5, 5.41) is 24.1. The molecule has 28 heavy (non-hydrogen) atoms. The van der Waals surface area contributed by atoms with Crippen LogP contribution in [0.2, 0.25) is 0 Å². The Labute approximate surface area is 174 Å². The van der Waals surface area contributed by atoms with E-state index < -0.39 is 24.3 Å². The molecule has 8 nitrogen and oxygen atoms in total. The number of amides is 2. The highest BCUT2D eigenvalue weighted by Crippen LogP contribution is 2.47. The van der Waals surface area contributed by atoms with Crippen molar-refractivity contribution in [1.82, 2.24) is 16.0 Å². The van der Waals surface area contributed by atoms with E-state index in [-0.39, 0.29) is 22.5 Å². The van der Waals surface area contributed by atoms with E-state index in [4.69, 9.17) is 10.5 Å². The zero-order valence-corrected chi connectivity index (χ0v) is 18.6. The third kappa shape index (κ3) is 6.05. The first-order chi connectivity index (χ1) is 12.9. The van der Waals surface area contributed by atoms with Gasteiger partial charge < -0.3 is 26.5 Å². The summed E-state index contributed by atoms with van der Waals surface area (Å²) in [5.74, 6) is -1.02. The summed E-state index contributed by atoms with van der Waals surface area (Å²) >= 11 is 3.21. The van der Waals surface area contributed by atoms with Gasteiger partial charge in [0.25, 0.3) is 5.91 Å². The lowest BCUT2D eigenvalue weighted by Gasteiger charge is -2.50. The third-order valence-electron chi connectivity index (χ3n) is 6.24. The van der Waals surface area contributed by atoms with Crippen molar-refractivity contribution >= 4 is 39.9 Å². The monoisotopic (exact) mass is 458 g/mol. The number of carbonyl (C=O) groups excluding carboxylic acids is 2. The first-order valence-corrected chi connectivity index (χ1v) is 10.1. The van der Waals surface area contributed by atoms with Gasteiger partial charge in [0.1, 0.15) is 11.0 Å². The summed E-state index contributed by atoms with van der Waals surface area (Å²) in [5.41, 5.74) is 0.559. The lowest BCUT2D eigenvalue weighted by atomic mass is 9.58. The van der Waals surface area contributed by atoms with Gasteiger partial charge in [-0.25, -0.2) is 0 Å².